The molecule has 3 N–H and O–H groups in total. The van der Waals surface area contributed by atoms with Crippen molar-refractivity contribution >= 4 is 57.6 Å². The molecular formula is C24H21ClN6O4S. The van der Waals surface area contributed by atoms with Gasteiger partial charge in [-0.1, -0.05) is 11.6 Å². The summed E-state index contributed by atoms with van der Waals surface area (Å²) in [6.07, 6.45) is 0. The standard InChI is InChI=1S/C24H21ClN6O4S/c25-14-1-3-15(4-2-14)35-13-20(32)30-9-11-31(12-10-30)22-21-17(28-24(26)29-22)6-5-16(27-21)18-7-8-19(36-18)23(33)34/h1-8H,9-13H2,(H,33,34)(H2,26,28,29). The third-order valence-corrected chi connectivity index (χ3v) is 7.07. The fraction of sp³-hybridized carbons (Fsp3) is 0.208. The fourth-order valence-electron chi connectivity index (χ4n) is 3.90. The molecule has 0 radical (unpaired) electrons. The summed E-state index contributed by atoms with van der Waals surface area (Å²) in [4.78, 5) is 42.2. The van der Waals surface area contributed by atoms with Gasteiger partial charge in [0.05, 0.1) is 16.1 Å². The number of piperazine rings is 1. The molecule has 0 saturated carbocycles. The maximum atomic E-state index is 12.7. The van der Waals surface area contributed by atoms with Crippen LogP contribution >= 0.6 is 22.9 Å². The van der Waals surface area contributed by atoms with E-state index in [0.717, 1.165) is 16.2 Å². The van der Waals surface area contributed by atoms with E-state index < -0.39 is 5.97 Å². The number of aromatic carboxylic acids is 1. The predicted molar refractivity (Wildman–Crippen MR) is 138 cm³/mol. The molecule has 1 aliphatic heterocycles. The van der Waals surface area contributed by atoms with E-state index >= 15 is 0 Å². The number of rotatable bonds is 6. The van der Waals surface area contributed by atoms with Crippen molar-refractivity contribution in [2.45, 2.75) is 0 Å². The van der Waals surface area contributed by atoms with Gasteiger partial charge in [-0.3, -0.25) is 4.79 Å². The third-order valence-electron chi connectivity index (χ3n) is 5.72. The van der Waals surface area contributed by atoms with Crippen LogP contribution in [0.2, 0.25) is 5.02 Å². The molecule has 1 saturated heterocycles. The van der Waals surface area contributed by atoms with E-state index in [9.17, 15) is 14.7 Å². The number of benzene rings is 1. The number of pyridine rings is 1. The lowest BCUT2D eigenvalue weighted by Gasteiger charge is -2.35. The number of amides is 1. The van der Waals surface area contributed by atoms with Crippen molar-refractivity contribution in [3.8, 4) is 16.3 Å². The van der Waals surface area contributed by atoms with Gasteiger partial charge in [0.1, 0.15) is 16.1 Å². The number of anilines is 2. The average Bonchev–Trinajstić information content (AvgIpc) is 3.38. The number of thiophene rings is 1. The molecule has 36 heavy (non-hydrogen) atoms. The molecule has 0 spiro atoms. The van der Waals surface area contributed by atoms with Crippen molar-refractivity contribution in [3.05, 3.63) is 58.4 Å². The number of carbonyl (C=O) groups is 2. The smallest absolute Gasteiger partial charge is 0.345 e. The summed E-state index contributed by atoms with van der Waals surface area (Å²) in [6, 6.07) is 13.7. The first-order valence-corrected chi connectivity index (χ1v) is 12.3. The Kier molecular flexibility index (Phi) is 6.57. The zero-order valence-electron chi connectivity index (χ0n) is 18.9. The second kappa shape index (κ2) is 9.96. The van der Waals surface area contributed by atoms with Crippen molar-refractivity contribution < 1.29 is 19.4 Å². The van der Waals surface area contributed by atoms with Crippen LogP contribution in [-0.4, -0.2) is 69.6 Å². The Labute approximate surface area is 214 Å². The fourth-order valence-corrected chi connectivity index (χ4v) is 4.84. The summed E-state index contributed by atoms with van der Waals surface area (Å²) in [6.45, 7) is 1.98. The Morgan fingerprint density at radius 3 is 2.44 bits per heavy atom. The lowest BCUT2D eigenvalue weighted by atomic mass is 10.2. The lowest BCUT2D eigenvalue weighted by molar-refractivity contribution is -0.133. The van der Waals surface area contributed by atoms with Gasteiger partial charge >= 0.3 is 5.97 Å². The molecule has 1 fully saturated rings. The van der Waals surface area contributed by atoms with Crippen LogP contribution < -0.4 is 15.4 Å². The maximum Gasteiger partial charge on any atom is 0.345 e. The van der Waals surface area contributed by atoms with Crippen LogP contribution in [0.25, 0.3) is 21.6 Å². The Bertz CT molecular complexity index is 1440. The van der Waals surface area contributed by atoms with E-state index in [1.165, 1.54) is 0 Å². The second-order valence-corrected chi connectivity index (χ2v) is 9.57. The van der Waals surface area contributed by atoms with Crippen LogP contribution in [0.4, 0.5) is 11.8 Å². The van der Waals surface area contributed by atoms with Gasteiger partial charge in [0, 0.05) is 31.2 Å². The first kappa shape index (κ1) is 23.8. The molecule has 12 heteroatoms. The summed E-state index contributed by atoms with van der Waals surface area (Å²) in [5.41, 5.74) is 7.75. The van der Waals surface area contributed by atoms with E-state index in [4.69, 9.17) is 27.1 Å². The van der Waals surface area contributed by atoms with E-state index in [0.29, 0.717) is 59.5 Å². The first-order chi connectivity index (χ1) is 17.4. The number of carbonyl (C=O) groups excluding carboxylic acids is 1. The molecule has 184 valence electrons. The monoisotopic (exact) mass is 524 g/mol. The minimum absolute atomic E-state index is 0.0604. The van der Waals surface area contributed by atoms with E-state index in [-0.39, 0.29) is 23.3 Å². The van der Waals surface area contributed by atoms with Crippen molar-refractivity contribution in [3.63, 3.8) is 0 Å². The van der Waals surface area contributed by atoms with Gasteiger partial charge in [-0.15, -0.1) is 11.3 Å². The van der Waals surface area contributed by atoms with E-state index in [1.54, 1.807) is 53.4 Å². The van der Waals surface area contributed by atoms with Crippen LogP contribution in [-0.2, 0) is 4.79 Å². The molecule has 0 atom stereocenters. The molecule has 4 heterocycles. The molecule has 5 rings (SSSR count). The number of hydrogen-bond donors (Lipinski definition) is 2. The van der Waals surface area contributed by atoms with Gasteiger partial charge in [0.2, 0.25) is 5.95 Å². The van der Waals surface area contributed by atoms with Gasteiger partial charge in [0.15, 0.2) is 12.4 Å². The van der Waals surface area contributed by atoms with Crippen LogP contribution in [0, 0.1) is 0 Å². The predicted octanol–water partition coefficient (Wildman–Crippen LogP) is 3.41. The summed E-state index contributed by atoms with van der Waals surface area (Å²) in [7, 11) is 0. The summed E-state index contributed by atoms with van der Waals surface area (Å²) in [5, 5.41) is 9.83. The molecule has 0 bridgehead atoms. The number of carboxylic acid groups (broad SMARTS) is 1. The zero-order chi connectivity index (χ0) is 25.2. The van der Waals surface area contributed by atoms with E-state index in [2.05, 4.69) is 9.97 Å². The number of hydrogen-bond acceptors (Lipinski definition) is 9. The quantitative estimate of drug-likeness (QED) is 0.389. The summed E-state index contributed by atoms with van der Waals surface area (Å²) < 4.78 is 5.59. The van der Waals surface area contributed by atoms with Crippen LogP contribution in [0.1, 0.15) is 9.67 Å². The molecule has 10 nitrogen and oxygen atoms in total. The Morgan fingerprint density at radius 2 is 1.75 bits per heavy atom. The van der Waals surface area contributed by atoms with Crippen LogP contribution in [0.5, 0.6) is 5.75 Å². The van der Waals surface area contributed by atoms with Crippen LogP contribution in [0.3, 0.4) is 0 Å². The average molecular weight is 525 g/mol. The highest BCUT2D eigenvalue weighted by atomic mass is 35.5. The molecule has 4 aromatic rings. The molecule has 0 aliphatic carbocycles. The normalized spacial score (nSPS) is 13.7. The van der Waals surface area contributed by atoms with Crippen LogP contribution in [0.15, 0.2) is 48.5 Å². The number of aromatic nitrogens is 3. The molecule has 0 unspecified atom stereocenters. The number of nitrogen functional groups attached to an aromatic ring is 1. The van der Waals surface area contributed by atoms with Crippen molar-refractivity contribution in [1.82, 2.24) is 19.9 Å². The van der Waals surface area contributed by atoms with E-state index in [1.807, 2.05) is 4.90 Å². The molecule has 1 aliphatic rings. The van der Waals surface area contributed by atoms with Gasteiger partial charge in [-0.05, 0) is 48.5 Å². The van der Waals surface area contributed by atoms with Gasteiger partial charge in [-0.2, -0.15) is 4.98 Å². The number of nitrogens with two attached hydrogens (primary N) is 1. The minimum Gasteiger partial charge on any atom is -0.484 e. The Hall–Kier alpha value is -3.96. The number of nitrogens with zero attached hydrogens (tertiary/aromatic N) is 5. The lowest BCUT2D eigenvalue weighted by Crippen LogP contribution is -2.50. The zero-order valence-corrected chi connectivity index (χ0v) is 20.5. The summed E-state index contributed by atoms with van der Waals surface area (Å²) in [5.74, 6) is 0.210. The highest BCUT2D eigenvalue weighted by Crippen LogP contribution is 2.31. The molecule has 1 aromatic carbocycles. The maximum absolute atomic E-state index is 12.7. The number of halogens is 1. The van der Waals surface area contributed by atoms with Gasteiger partial charge in [-0.25, -0.2) is 14.8 Å². The number of fused-ring (bicyclic) bond motifs is 1. The van der Waals surface area contributed by atoms with Gasteiger partial charge in [0.25, 0.3) is 5.91 Å². The van der Waals surface area contributed by atoms with Crippen molar-refractivity contribution in [1.29, 1.82) is 0 Å². The highest BCUT2D eigenvalue weighted by Gasteiger charge is 2.25. The number of ether oxygens (including phenoxy) is 1. The highest BCUT2D eigenvalue weighted by molar-refractivity contribution is 7.17. The third kappa shape index (κ3) is 5.02. The largest absolute Gasteiger partial charge is 0.484 e. The minimum atomic E-state index is -0.977. The SMILES string of the molecule is Nc1nc(N2CCN(C(=O)COc3ccc(Cl)cc3)CC2)c2nc(-c3ccc(C(=O)O)s3)ccc2n1. The first-order valence-electron chi connectivity index (χ1n) is 11.1. The number of carboxylic acids is 1. The summed E-state index contributed by atoms with van der Waals surface area (Å²) >= 11 is 7.03. The Morgan fingerprint density at radius 1 is 1.00 bits per heavy atom. The van der Waals surface area contributed by atoms with Crippen molar-refractivity contribution in [2.75, 3.05) is 43.4 Å². The molecule has 3 aromatic heterocycles. The topological polar surface area (TPSA) is 135 Å². The molecular weight excluding hydrogens is 504 g/mol. The second-order valence-electron chi connectivity index (χ2n) is 8.05. The van der Waals surface area contributed by atoms with Crippen molar-refractivity contribution in [2.24, 2.45) is 0 Å². The Balaban J connectivity index is 1.31. The van der Waals surface area contributed by atoms with Gasteiger partial charge < -0.3 is 25.4 Å². The molecule has 1 amide bonds.